The summed E-state index contributed by atoms with van der Waals surface area (Å²) >= 11 is 0. The third-order valence-corrected chi connectivity index (χ3v) is 5.31. The molecule has 0 aliphatic heterocycles. The summed E-state index contributed by atoms with van der Waals surface area (Å²) in [4.78, 5) is 0. The van der Waals surface area contributed by atoms with Crippen molar-refractivity contribution in [1.82, 2.24) is 9.78 Å². The van der Waals surface area contributed by atoms with Crippen molar-refractivity contribution in [2.45, 2.75) is 51.0 Å². The fraction of sp³-hybridized carbons (Fsp3) is 0.786. The zero-order valence-electron chi connectivity index (χ0n) is 10.5. The van der Waals surface area contributed by atoms with E-state index in [1.54, 1.807) is 0 Å². The normalized spacial score (nSPS) is 43.2. The Labute approximate surface area is 102 Å². The molecule has 2 N–H and O–H groups in total. The topological polar surface area (TPSA) is 43.8 Å². The lowest BCUT2D eigenvalue weighted by Gasteiger charge is -2.56. The number of nitrogens with zero attached hydrogens (tertiary/aromatic N) is 2. The van der Waals surface area contributed by atoms with Gasteiger partial charge in [0.15, 0.2) is 0 Å². The molecule has 0 spiro atoms. The maximum Gasteiger partial charge on any atom is 0.122 e. The summed E-state index contributed by atoms with van der Waals surface area (Å²) in [5, 5.41) is 4.69. The first-order valence-corrected chi connectivity index (χ1v) is 6.97. The Morgan fingerprint density at radius 1 is 1.18 bits per heavy atom. The summed E-state index contributed by atoms with van der Waals surface area (Å²) in [5.74, 6) is 3.73. The molecule has 0 atom stereocenters. The molecule has 0 saturated heterocycles. The van der Waals surface area contributed by atoms with Crippen LogP contribution in [0.3, 0.4) is 0 Å². The molecule has 4 aliphatic rings. The predicted octanol–water partition coefficient (Wildman–Crippen LogP) is 2.70. The van der Waals surface area contributed by atoms with E-state index in [4.69, 9.17) is 10.8 Å². The molecule has 4 fully saturated rings. The minimum absolute atomic E-state index is 0.285. The summed E-state index contributed by atoms with van der Waals surface area (Å²) in [6.45, 7) is 2.05. The van der Waals surface area contributed by atoms with Gasteiger partial charge in [-0.05, 0) is 63.2 Å². The molecule has 0 unspecified atom stereocenters. The second-order valence-corrected chi connectivity index (χ2v) is 6.76. The summed E-state index contributed by atoms with van der Waals surface area (Å²) in [7, 11) is 0. The molecule has 4 bridgehead atoms. The molecule has 3 heteroatoms. The van der Waals surface area contributed by atoms with E-state index in [-0.39, 0.29) is 5.54 Å². The molecular weight excluding hydrogens is 210 g/mol. The summed E-state index contributed by atoms with van der Waals surface area (Å²) in [5.41, 5.74) is 7.52. The fourth-order valence-electron chi connectivity index (χ4n) is 5.22. The molecule has 0 radical (unpaired) electrons. The second-order valence-electron chi connectivity index (χ2n) is 6.76. The largest absolute Gasteiger partial charge is 0.384 e. The monoisotopic (exact) mass is 231 g/mol. The Morgan fingerprint density at radius 3 is 2.12 bits per heavy atom. The molecular formula is C14H21N3. The van der Waals surface area contributed by atoms with Gasteiger partial charge in [0.25, 0.3) is 0 Å². The highest BCUT2D eigenvalue weighted by Crippen LogP contribution is 2.59. The van der Waals surface area contributed by atoms with E-state index in [1.807, 2.05) is 13.0 Å². The molecule has 5 rings (SSSR count). The van der Waals surface area contributed by atoms with Gasteiger partial charge in [-0.1, -0.05) is 0 Å². The molecule has 1 heterocycles. The van der Waals surface area contributed by atoms with Crippen molar-refractivity contribution in [3.63, 3.8) is 0 Å². The SMILES string of the molecule is Cc1cc(N)n(C23CC4CC(CC(C4)C2)C3)n1. The first kappa shape index (κ1) is 9.98. The molecule has 4 saturated carbocycles. The highest BCUT2D eigenvalue weighted by molar-refractivity contribution is 5.32. The minimum Gasteiger partial charge on any atom is -0.384 e. The zero-order valence-corrected chi connectivity index (χ0v) is 10.5. The maximum absolute atomic E-state index is 6.16. The summed E-state index contributed by atoms with van der Waals surface area (Å²) in [6.07, 6.45) is 8.39. The number of nitrogens with two attached hydrogens (primary N) is 1. The molecule has 17 heavy (non-hydrogen) atoms. The Bertz CT molecular complexity index is 425. The number of hydrogen-bond acceptors (Lipinski definition) is 2. The first-order valence-electron chi connectivity index (χ1n) is 6.97. The van der Waals surface area contributed by atoms with Crippen molar-refractivity contribution in [3.05, 3.63) is 11.8 Å². The van der Waals surface area contributed by atoms with E-state index in [0.717, 1.165) is 29.3 Å². The van der Waals surface area contributed by atoms with E-state index < -0.39 is 0 Å². The van der Waals surface area contributed by atoms with Gasteiger partial charge in [0.1, 0.15) is 5.82 Å². The van der Waals surface area contributed by atoms with Gasteiger partial charge in [-0.25, -0.2) is 4.68 Å². The Kier molecular flexibility index (Phi) is 1.80. The summed E-state index contributed by atoms with van der Waals surface area (Å²) < 4.78 is 2.19. The number of anilines is 1. The van der Waals surface area contributed by atoms with Crippen molar-refractivity contribution in [2.75, 3.05) is 5.73 Å². The average Bonchev–Trinajstić information content (AvgIpc) is 2.56. The van der Waals surface area contributed by atoms with Gasteiger partial charge in [-0.15, -0.1) is 0 Å². The lowest BCUT2D eigenvalue weighted by atomic mass is 9.53. The molecule has 1 aromatic heterocycles. The van der Waals surface area contributed by atoms with Gasteiger partial charge in [0.05, 0.1) is 11.2 Å². The fourth-order valence-corrected chi connectivity index (χ4v) is 5.22. The van der Waals surface area contributed by atoms with Crippen LogP contribution in [0.25, 0.3) is 0 Å². The van der Waals surface area contributed by atoms with Gasteiger partial charge < -0.3 is 5.73 Å². The Morgan fingerprint density at radius 2 is 1.71 bits per heavy atom. The third-order valence-electron chi connectivity index (χ3n) is 5.31. The zero-order chi connectivity index (χ0) is 11.6. The van der Waals surface area contributed by atoms with Crippen LogP contribution < -0.4 is 5.73 Å². The molecule has 0 amide bonds. The van der Waals surface area contributed by atoms with E-state index in [0.29, 0.717) is 0 Å². The number of nitrogen functional groups attached to an aromatic ring is 1. The summed E-state index contributed by atoms with van der Waals surface area (Å²) in [6, 6.07) is 2.03. The minimum atomic E-state index is 0.285. The van der Waals surface area contributed by atoms with E-state index in [2.05, 4.69) is 4.68 Å². The van der Waals surface area contributed by atoms with Crippen LogP contribution in [0.5, 0.6) is 0 Å². The number of hydrogen-bond donors (Lipinski definition) is 1. The van der Waals surface area contributed by atoms with Gasteiger partial charge in [-0.2, -0.15) is 5.10 Å². The van der Waals surface area contributed by atoms with E-state index >= 15 is 0 Å². The highest BCUT2D eigenvalue weighted by Gasteiger charge is 2.52. The third kappa shape index (κ3) is 1.31. The van der Waals surface area contributed by atoms with Crippen molar-refractivity contribution in [2.24, 2.45) is 17.8 Å². The van der Waals surface area contributed by atoms with Crippen LogP contribution in [0.4, 0.5) is 5.82 Å². The average molecular weight is 231 g/mol. The molecule has 0 aromatic carbocycles. The van der Waals surface area contributed by atoms with Crippen molar-refractivity contribution in [3.8, 4) is 0 Å². The van der Waals surface area contributed by atoms with Gasteiger partial charge >= 0.3 is 0 Å². The number of aromatic nitrogens is 2. The first-order chi connectivity index (χ1) is 8.14. The van der Waals surface area contributed by atoms with Crippen LogP contribution in [-0.2, 0) is 5.54 Å². The van der Waals surface area contributed by atoms with Crippen LogP contribution in [0.15, 0.2) is 6.07 Å². The van der Waals surface area contributed by atoms with Crippen LogP contribution in [0, 0.1) is 24.7 Å². The quantitative estimate of drug-likeness (QED) is 0.807. The van der Waals surface area contributed by atoms with Crippen LogP contribution in [-0.4, -0.2) is 9.78 Å². The van der Waals surface area contributed by atoms with E-state index in [1.165, 1.54) is 38.5 Å². The van der Waals surface area contributed by atoms with Crippen molar-refractivity contribution < 1.29 is 0 Å². The molecule has 92 valence electrons. The molecule has 1 aromatic rings. The highest BCUT2D eigenvalue weighted by atomic mass is 15.4. The van der Waals surface area contributed by atoms with E-state index in [9.17, 15) is 0 Å². The number of aryl methyl sites for hydroxylation is 1. The number of rotatable bonds is 1. The predicted molar refractivity (Wildman–Crippen MR) is 67.5 cm³/mol. The lowest BCUT2D eigenvalue weighted by Crippen LogP contribution is -2.52. The van der Waals surface area contributed by atoms with Crippen molar-refractivity contribution in [1.29, 1.82) is 0 Å². The Balaban J connectivity index is 1.79. The van der Waals surface area contributed by atoms with Crippen LogP contribution in [0.1, 0.15) is 44.2 Å². The van der Waals surface area contributed by atoms with Gasteiger partial charge in [0, 0.05) is 6.07 Å². The lowest BCUT2D eigenvalue weighted by molar-refractivity contribution is -0.0482. The Hall–Kier alpha value is -0.990. The van der Waals surface area contributed by atoms with Gasteiger partial charge in [0.2, 0.25) is 0 Å². The maximum atomic E-state index is 6.16. The van der Waals surface area contributed by atoms with Crippen LogP contribution in [0.2, 0.25) is 0 Å². The second kappa shape index (κ2) is 3.06. The smallest absolute Gasteiger partial charge is 0.122 e. The van der Waals surface area contributed by atoms with Crippen LogP contribution >= 0.6 is 0 Å². The standard InChI is InChI=1S/C14H21N3/c1-9-2-13(15)17(16-9)14-6-10-3-11(7-14)5-12(4-10)8-14/h2,10-12H,3-8,15H2,1H3. The van der Waals surface area contributed by atoms with Crippen molar-refractivity contribution >= 4 is 5.82 Å². The molecule has 3 nitrogen and oxygen atoms in total. The molecule has 4 aliphatic carbocycles. The van der Waals surface area contributed by atoms with Gasteiger partial charge in [-0.3, -0.25) is 0 Å².